The highest BCUT2D eigenvalue weighted by Gasteiger charge is 2.24. The van der Waals surface area contributed by atoms with Crippen LogP contribution in [0.25, 0.3) is 11.0 Å². The van der Waals surface area contributed by atoms with Gasteiger partial charge in [-0.3, -0.25) is 0 Å². The molecule has 0 bridgehead atoms. The molecule has 1 aromatic carbocycles. The highest BCUT2D eigenvalue weighted by molar-refractivity contribution is 5.88. The Labute approximate surface area is 169 Å². The zero-order valence-corrected chi connectivity index (χ0v) is 17.5. The van der Waals surface area contributed by atoms with Crippen LogP contribution in [-0.2, 0) is 22.4 Å². The first-order valence-corrected chi connectivity index (χ1v) is 9.86. The monoisotopic (exact) mass is 401 g/mol. The summed E-state index contributed by atoms with van der Waals surface area (Å²) in [6.07, 6.45) is 2.90. The van der Waals surface area contributed by atoms with Gasteiger partial charge in [0, 0.05) is 16.5 Å². The first-order valence-electron chi connectivity index (χ1n) is 9.86. The van der Waals surface area contributed by atoms with Gasteiger partial charge in [0.15, 0.2) is 0 Å². The van der Waals surface area contributed by atoms with Gasteiger partial charge in [-0.2, -0.15) is 0 Å². The van der Waals surface area contributed by atoms with Crippen molar-refractivity contribution in [3.8, 4) is 5.75 Å². The van der Waals surface area contributed by atoms with Gasteiger partial charge in [-0.25, -0.2) is 14.4 Å². The zero-order valence-electron chi connectivity index (χ0n) is 17.5. The van der Waals surface area contributed by atoms with Crippen LogP contribution in [0.15, 0.2) is 21.3 Å². The predicted octanol–water partition coefficient (Wildman–Crippen LogP) is 3.80. The number of fused-ring (bicyclic) bond motifs is 3. The van der Waals surface area contributed by atoms with Crippen LogP contribution in [0.1, 0.15) is 57.2 Å². The molecule has 0 spiro atoms. The number of amides is 1. The molecule has 3 rings (SSSR count). The summed E-state index contributed by atoms with van der Waals surface area (Å²) in [4.78, 5) is 36.6. The molecule has 156 valence electrons. The number of carbonyl (C=O) groups is 2. The maximum Gasteiger partial charge on any atom is 0.408 e. The van der Waals surface area contributed by atoms with Gasteiger partial charge < -0.3 is 19.2 Å². The van der Waals surface area contributed by atoms with Crippen molar-refractivity contribution in [3.63, 3.8) is 0 Å². The Morgan fingerprint density at radius 2 is 1.79 bits per heavy atom. The molecular weight excluding hydrogens is 374 g/mol. The second kappa shape index (κ2) is 7.89. The minimum atomic E-state index is -0.907. The molecule has 0 radical (unpaired) electrons. The van der Waals surface area contributed by atoms with E-state index < -0.39 is 23.7 Å². The zero-order chi connectivity index (χ0) is 21.3. The summed E-state index contributed by atoms with van der Waals surface area (Å²) in [5.74, 6) is -0.349. The summed E-state index contributed by atoms with van der Waals surface area (Å²) in [7, 11) is 0. The number of rotatable bonds is 3. The quantitative estimate of drug-likeness (QED) is 0.478. The number of esters is 1. The molecule has 1 aliphatic rings. The summed E-state index contributed by atoms with van der Waals surface area (Å²) in [6.45, 7) is 8.47. The van der Waals surface area contributed by atoms with Gasteiger partial charge in [0.1, 0.15) is 23.0 Å². The van der Waals surface area contributed by atoms with E-state index in [1.54, 1.807) is 33.8 Å². The van der Waals surface area contributed by atoms with Gasteiger partial charge in [0.25, 0.3) is 0 Å². The third-order valence-corrected chi connectivity index (χ3v) is 4.89. The molecular formula is C22H27NO6. The third kappa shape index (κ3) is 4.60. The first-order chi connectivity index (χ1) is 13.6. The van der Waals surface area contributed by atoms with Crippen LogP contribution in [-0.4, -0.2) is 23.7 Å². The molecule has 7 heteroatoms. The second-order valence-electron chi connectivity index (χ2n) is 8.41. The van der Waals surface area contributed by atoms with Crippen LogP contribution in [0.4, 0.5) is 4.79 Å². The van der Waals surface area contributed by atoms with E-state index in [0.29, 0.717) is 16.9 Å². The fourth-order valence-corrected chi connectivity index (χ4v) is 3.48. The molecule has 1 aromatic heterocycles. The Morgan fingerprint density at radius 1 is 1.14 bits per heavy atom. The van der Waals surface area contributed by atoms with Crippen molar-refractivity contribution in [1.82, 2.24) is 5.32 Å². The molecule has 0 aliphatic heterocycles. The van der Waals surface area contributed by atoms with Crippen molar-refractivity contribution in [3.05, 3.63) is 39.2 Å². The molecule has 1 atom stereocenters. The average Bonchev–Trinajstić information content (AvgIpc) is 2.63. The van der Waals surface area contributed by atoms with Crippen molar-refractivity contribution in [2.45, 2.75) is 71.9 Å². The van der Waals surface area contributed by atoms with Crippen LogP contribution in [0.3, 0.4) is 0 Å². The van der Waals surface area contributed by atoms with Gasteiger partial charge in [0.2, 0.25) is 0 Å². The second-order valence-corrected chi connectivity index (χ2v) is 8.41. The summed E-state index contributed by atoms with van der Waals surface area (Å²) < 4.78 is 16.2. The van der Waals surface area contributed by atoms with Crippen LogP contribution in [0, 0.1) is 6.92 Å². The Bertz CT molecular complexity index is 1010. The molecule has 7 nitrogen and oxygen atoms in total. The van der Waals surface area contributed by atoms with Crippen LogP contribution in [0.2, 0.25) is 0 Å². The number of nitrogens with one attached hydrogen (secondary N) is 1. The molecule has 0 saturated carbocycles. The van der Waals surface area contributed by atoms with Crippen LogP contribution >= 0.6 is 0 Å². The van der Waals surface area contributed by atoms with E-state index in [4.69, 9.17) is 13.9 Å². The van der Waals surface area contributed by atoms with Crippen LogP contribution < -0.4 is 15.7 Å². The third-order valence-electron chi connectivity index (χ3n) is 4.89. The maximum absolute atomic E-state index is 12.4. The largest absolute Gasteiger partial charge is 0.444 e. The standard InChI is InChI=1S/C22H27NO6/c1-12-17(27-19(24)13(2)23-21(26)29-22(3,4)5)11-10-15-14-8-6-7-9-16(14)20(25)28-18(12)15/h10-11,13H,6-9H2,1-5H3,(H,23,26)/t13-/m1/s1. The molecule has 29 heavy (non-hydrogen) atoms. The van der Waals surface area contributed by atoms with E-state index in [2.05, 4.69) is 5.32 Å². The van der Waals surface area contributed by atoms with E-state index in [0.717, 1.165) is 42.2 Å². The Morgan fingerprint density at radius 3 is 2.45 bits per heavy atom. The van der Waals surface area contributed by atoms with Crippen molar-refractivity contribution in [2.75, 3.05) is 0 Å². The SMILES string of the molecule is Cc1c(OC(=O)[C@@H](C)NC(=O)OC(C)(C)C)ccc2c3c(c(=O)oc12)CCCC3. The Hall–Kier alpha value is -2.83. The number of hydrogen-bond donors (Lipinski definition) is 1. The number of benzene rings is 1. The minimum absolute atomic E-state index is 0.291. The lowest BCUT2D eigenvalue weighted by Gasteiger charge is -2.21. The van der Waals surface area contributed by atoms with E-state index in [1.807, 2.05) is 6.07 Å². The van der Waals surface area contributed by atoms with Crippen molar-refractivity contribution < 1.29 is 23.5 Å². The summed E-state index contributed by atoms with van der Waals surface area (Å²) in [6, 6.07) is 2.62. The lowest BCUT2D eigenvalue weighted by molar-refractivity contribution is -0.136. The van der Waals surface area contributed by atoms with E-state index >= 15 is 0 Å². The fourth-order valence-electron chi connectivity index (χ4n) is 3.48. The van der Waals surface area contributed by atoms with Crippen molar-refractivity contribution in [2.24, 2.45) is 0 Å². The Kier molecular flexibility index (Phi) is 5.68. The average molecular weight is 401 g/mol. The smallest absolute Gasteiger partial charge is 0.408 e. The van der Waals surface area contributed by atoms with Gasteiger partial charge >= 0.3 is 17.7 Å². The Balaban J connectivity index is 1.82. The lowest BCUT2D eigenvalue weighted by Crippen LogP contribution is -2.43. The summed E-state index contributed by atoms with van der Waals surface area (Å²) in [5.41, 5.74) is 1.81. The number of ether oxygens (including phenoxy) is 2. The fraction of sp³-hybridized carbons (Fsp3) is 0.500. The summed E-state index contributed by atoms with van der Waals surface area (Å²) >= 11 is 0. The number of carbonyl (C=O) groups excluding carboxylic acids is 2. The molecule has 0 saturated heterocycles. The van der Waals surface area contributed by atoms with E-state index in [1.165, 1.54) is 6.92 Å². The van der Waals surface area contributed by atoms with Crippen molar-refractivity contribution in [1.29, 1.82) is 0 Å². The van der Waals surface area contributed by atoms with E-state index in [-0.39, 0.29) is 5.63 Å². The topological polar surface area (TPSA) is 94.8 Å². The van der Waals surface area contributed by atoms with Gasteiger partial charge in [-0.15, -0.1) is 0 Å². The lowest BCUT2D eigenvalue weighted by atomic mass is 9.90. The van der Waals surface area contributed by atoms with Gasteiger partial charge in [-0.05, 0) is 78.0 Å². The predicted molar refractivity (Wildman–Crippen MR) is 108 cm³/mol. The molecule has 1 N–H and O–H groups in total. The molecule has 1 amide bonds. The molecule has 0 fully saturated rings. The molecule has 0 unspecified atom stereocenters. The number of hydrogen-bond acceptors (Lipinski definition) is 6. The van der Waals surface area contributed by atoms with Crippen LogP contribution in [0.5, 0.6) is 5.75 Å². The van der Waals surface area contributed by atoms with Gasteiger partial charge in [0.05, 0.1) is 0 Å². The van der Waals surface area contributed by atoms with Crippen molar-refractivity contribution >= 4 is 23.0 Å². The minimum Gasteiger partial charge on any atom is -0.444 e. The molecule has 1 aliphatic carbocycles. The first kappa shape index (κ1) is 20.9. The van der Waals surface area contributed by atoms with E-state index in [9.17, 15) is 14.4 Å². The maximum atomic E-state index is 12.4. The normalized spacial score (nSPS) is 14.8. The number of aryl methyl sites for hydroxylation is 2. The van der Waals surface area contributed by atoms with Gasteiger partial charge in [-0.1, -0.05) is 0 Å². The highest BCUT2D eigenvalue weighted by Crippen LogP contribution is 2.32. The number of alkyl carbamates (subject to hydrolysis) is 1. The molecule has 1 heterocycles. The molecule has 2 aromatic rings. The summed E-state index contributed by atoms with van der Waals surface area (Å²) in [5, 5.41) is 3.34. The highest BCUT2D eigenvalue weighted by atomic mass is 16.6.